The van der Waals surface area contributed by atoms with Gasteiger partial charge in [0.2, 0.25) is 5.88 Å². The number of aromatic hydroxyl groups is 1. The number of carbonyl (C=O) groups excluding carboxylic acids is 1. The number of carbonyl (C=O) groups is 1. The summed E-state index contributed by atoms with van der Waals surface area (Å²) in [6, 6.07) is 31.0. The van der Waals surface area contributed by atoms with Crippen LogP contribution >= 0.6 is 0 Å². The number of rotatable bonds is 7. The van der Waals surface area contributed by atoms with Gasteiger partial charge in [0.1, 0.15) is 0 Å². The number of nitrogens with zero attached hydrogens (tertiary/aromatic N) is 4. The Morgan fingerprint density at radius 2 is 1.45 bits per heavy atom. The van der Waals surface area contributed by atoms with E-state index in [1.54, 1.807) is 96.5 Å². The molecular weight excluding hydrogens is 500 g/mol. The fourth-order valence-corrected chi connectivity index (χ4v) is 5.63. The van der Waals surface area contributed by atoms with Gasteiger partial charge in [-0.05, 0) is 48.0 Å². The summed E-state index contributed by atoms with van der Waals surface area (Å²) in [7, 11) is -2.13. The minimum Gasteiger partial charge on any atom is -0.493 e. The Kier molecular flexibility index (Phi) is 6.76. The number of aryl methyl sites for hydroxylation is 1. The van der Waals surface area contributed by atoms with Crippen LogP contribution in [0.5, 0.6) is 5.88 Å². The quantitative estimate of drug-likeness (QED) is 0.256. The number of benzene rings is 4. The van der Waals surface area contributed by atoms with Crippen molar-refractivity contribution in [1.82, 2.24) is 4.57 Å². The van der Waals surface area contributed by atoms with Crippen molar-refractivity contribution in [3.8, 4) is 5.88 Å². The van der Waals surface area contributed by atoms with Crippen LogP contribution in [0.1, 0.15) is 15.9 Å². The minimum absolute atomic E-state index is 0.0705. The first kappa shape index (κ1) is 24.9. The van der Waals surface area contributed by atoms with E-state index < -0.39 is 15.9 Å². The van der Waals surface area contributed by atoms with Crippen LogP contribution in [0.4, 0.5) is 11.4 Å². The van der Waals surface area contributed by atoms with Crippen molar-refractivity contribution < 1.29 is 18.3 Å². The van der Waals surface area contributed by atoms with E-state index in [2.05, 4.69) is 10.2 Å². The van der Waals surface area contributed by atoms with Gasteiger partial charge in [-0.15, -0.1) is 10.2 Å². The van der Waals surface area contributed by atoms with Crippen molar-refractivity contribution in [2.45, 2.75) is 11.4 Å². The highest BCUT2D eigenvalue weighted by atomic mass is 32.2. The topological polar surface area (TPSA) is 104 Å². The van der Waals surface area contributed by atoms with Gasteiger partial charge in [0.05, 0.1) is 22.6 Å². The van der Waals surface area contributed by atoms with Gasteiger partial charge in [0.25, 0.3) is 15.9 Å². The first-order chi connectivity index (χ1) is 18.4. The van der Waals surface area contributed by atoms with Gasteiger partial charge >= 0.3 is 0 Å². The maximum atomic E-state index is 13.5. The van der Waals surface area contributed by atoms with Gasteiger partial charge in [-0.2, -0.15) is 0 Å². The van der Waals surface area contributed by atoms with Crippen LogP contribution in [-0.4, -0.2) is 24.0 Å². The van der Waals surface area contributed by atoms with Gasteiger partial charge < -0.3 is 9.67 Å². The van der Waals surface area contributed by atoms with Crippen LogP contribution in [0, 0.1) is 0 Å². The lowest BCUT2D eigenvalue weighted by Gasteiger charge is -2.24. The number of para-hydroxylation sites is 2. The first-order valence-electron chi connectivity index (χ1n) is 11.8. The summed E-state index contributed by atoms with van der Waals surface area (Å²) >= 11 is 0. The molecule has 0 saturated carbocycles. The predicted octanol–water partition coefficient (Wildman–Crippen LogP) is 6.20. The number of hydrogen-bond donors (Lipinski definition) is 1. The molecule has 0 saturated heterocycles. The van der Waals surface area contributed by atoms with Gasteiger partial charge in [-0.3, -0.25) is 9.10 Å². The molecule has 0 atom stereocenters. The molecule has 0 aliphatic carbocycles. The number of sulfonamides is 1. The fraction of sp³-hybridized carbons (Fsp3) is 0.0690. The Labute approximate surface area is 220 Å². The zero-order valence-electron chi connectivity index (χ0n) is 20.5. The van der Waals surface area contributed by atoms with Crippen LogP contribution in [0.3, 0.4) is 0 Å². The number of azo groups is 1. The molecule has 0 radical (unpaired) electrons. The summed E-state index contributed by atoms with van der Waals surface area (Å²) in [6.07, 6.45) is 0. The van der Waals surface area contributed by atoms with Crippen molar-refractivity contribution in [2.75, 3.05) is 4.31 Å². The number of amides is 1. The van der Waals surface area contributed by atoms with Gasteiger partial charge in [0.15, 0.2) is 5.69 Å². The van der Waals surface area contributed by atoms with Gasteiger partial charge in [-0.25, -0.2) is 8.42 Å². The largest absolute Gasteiger partial charge is 0.493 e. The summed E-state index contributed by atoms with van der Waals surface area (Å²) in [5, 5.41) is 18.9. The van der Waals surface area contributed by atoms with E-state index in [4.69, 9.17) is 0 Å². The normalized spacial score (nSPS) is 11.7. The Morgan fingerprint density at radius 3 is 2.13 bits per heavy atom. The van der Waals surface area contributed by atoms with E-state index in [0.717, 1.165) is 5.52 Å². The Bertz CT molecular complexity index is 1730. The number of aromatic nitrogens is 1. The van der Waals surface area contributed by atoms with E-state index in [1.165, 1.54) is 4.31 Å². The minimum atomic E-state index is -3.83. The standard InChI is InChI=1S/C29H24N4O4S/c1-32-26-15-9-8-14-25(26)27(29(32)35)30-31-28(34)22-18-16-21(17-19-22)20-33(23-10-4-2-5-11-23)38(36,37)24-12-6-3-7-13-24/h2-19,35H,20H2,1H3. The van der Waals surface area contributed by atoms with E-state index in [0.29, 0.717) is 16.6 Å². The van der Waals surface area contributed by atoms with Crippen LogP contribution < -0.4 is 4.31 Å². The average molecular weight is 525 g/mol. The molecule has 0 unspecified atom stereocenters. The summed E-state index contributed by atoms with van der Waals surface area (Å²) in [5.41, 5.74) is 2.49. The van der Waals surface area contributed by atoms with Crippen LogP contribution in [0.15, 0.2) is 124 Å². The Balaban J connectivity index is 1.39. The first-order valence-corrected chi connectivity index (χ1v) is 13.2. The number of hydrogen-bond acceptors (Lipinski definition) is 5. The molecule has 0 bridgehead atoms. The zero-order valence-corrected chi connectivity index (χ0v) is 21.3. The third-order valence-electron chi connectivity index (χ3n) is 6.19. The van der Waals surface area contributed by atoms with Gasteiger partial charge in [-0.1, -0.05) is 66.7 Å². The molecule has 9 heteroatoms. The van der Waals surface area contributed by atoms with Crippen LogP contribution in [-0.2, 0) is 23.6 Å². The molecule has 8 nitrogen and oxygen atoms in total. The summed E-state index contributed by atoms with van der Waals surface area (Å²) < 4.78 is 29.9. The third-order valence-corrected chi connectivity index (χ3v) is 7.98. The molecule has 1 heterocycles. The lowest BCUT2D eigenvalue weighted by Crippen LogP contribution is -2.30. The molecule has 4 aromatic carbocycles. The number of anilines is 1. The molecule has 0 spiro atoms. The van der Waals surface area contributed by atoms with Crippen LogP contribution in [0.25, 0.3) is 10.9 Å². The maximum Gasteiger partial charge on any atom is 0.295 e. The molecule has 0 fully saturated rings. The summed E-state index contributed by atoms with van der Waals surface area (Å²) in [4.78, 5) is 12.9. The van der Waals surface area contributed by atoms with Crippen molar-refractivity contribution in [3.05, 3.63) is 120 Å². The average Bonchev–Trinajstić information content (AvgIpc) is 3.20. The molecule has 1 amide bonds. The Hall–Kier alpha value is -4.76. The second-order valence-electron chi connectivity index (χ2n) is 8.61. The molecule has 1 N–H and O–H groups in total. The monoisotopic (exact) mass is 524 g/mol. The molecule has 5 aromatic rings. The highest BCUT2D eigenvalue weighted by Crippen LogP contribution is 2.37. The molecule has 38 heavy (non-hydrogen) atoms. The predicted molar refractivity (Wildman–Crippen MR) is 146 cm³/mol. The fourth-order valence-electron chi connectivity index (χ4n) is 4.16. The van der Waals surface area contributed by atoms with Crippen molar-refractivity contribution >= 4 is 38.2 Å². The molecule has 0 aliphatic heterocycles. The summed E-state index contributed by atoms with van der Waals surface area (Å²) in [6.45, 7) is 0.0705. The van der Waals surface area contributed by atoms with E-state index in [1.807, 2.05) is 24.3 Å². The van der Waals surface area contributed by atoms with E-state index >= 15 is 0 Å². The molecule has 1 aromatic heterocycles. The third kappa shape index (κ3) is 4.79. The smallest absolute Gasteiger partial charge is 0.295 e. The zero-order chi connectivity index (χ0) is 26.7. The molecule has 5 rings (SSSR count). The van der Waals surface area contributed by atoms with Crippen molar-refractivity contribution in [3.63, 3.8) is 0 Å². The van der Waals surface area contributed by atoms with Gasteiger partial charge in [0, 0.05) is 18.0 Å². The highest BCUT2D eigenvalue weighted by Gasteiger charge is 2.25. The molecule has 190 valence electrons. The maximum absolute atomic E-state index is 13.5. The molecule has 0 aliphatic rings. The van der Waals surface area contributed by atoms with Crippen molar-refractivity contribution in [2.24, 2.45) is 17.3 Å². The lowest BCUT2D eigenvalue weighted by atomic mass is 10.1. The molecular formula is C29H24N4O4S. The van der Waals surface area contributed by atoms with Crippen molar-refractivity contribution in [1.29, 1.82) is 0 Å². The number of fused-ring (bicyclic) bond motifs is 1. The second-order valence-corrected chi connectivity index (χ2v) is 10.5. The van der Waals surface area contributed by atoms with E-state index in [-0.39, 0.29) is 28.6 Å². The lowest BCUT2D eigenvalue weighted by molar-refractivity contribution is 0.0995. The van der Waals surface area contributed by atoms with Crippen LogP contribution in [0.2, 0.25) is 0 Å². The highest BCUT2D eigenvalue weighted by molar-refractivity contribution is 7.92. The summed E-state index contributed by atoms with van der Waals surface area (Å²) in [5.74, 6) is -0.667. The SMILES string of the molecule is Cn1c(O)c(N=NC(=O)c2ccc(CN(c3ccccc3)S(=O)(=O)c3ccccc3)cc2)c2ccccc21. The Morgan fingerprint density at radius 1 is 0.842 bits per heavy atom. The van der Waals surface area contributed by atoms with E-state index in [9.17, 15) is 18.3 Å². The second kappa shape index (κ2) is 10.3.